The molecule has 0 aliphatic heterocycles. The number of hydrogen-bond acceptors (Lipinski definition) is 5. The third kappa shape index (κ3) is 4.97. The molecule has 0 bridgehead atoms. The molecule has 0 aliphatic rings. The second-order valence-corrected chi connectivity index (χ2v) is 5.77. The Morgan fingerprint density at radius 1 is 1.17 bits per heavy atom. The van der Waals surface area contributed by atoms with Crippen molar-refractivity contribution in [2.75, 3.05) is 5.43 Å². The zero-order valence-corrected chi connectivity index (χ0v) is 14.4. The first-order valence-electron chi connectivity index (χ1n) is 6.85. The summed E-state index contributed by atoms with van der Waals surface area (Å²) >= 11 is 11.8. The van der Waals surface area contributed by atoms with E-state index < -0.39 is 12.0 Å². The van der Waals surface area contributed by atoms with E-state index in [0.29, 0.717) is 21.7 Å². The van der Waals surface area contributed by atoms with Crippen LogP contribution in [0.2, 0.25) is 10.0 Å². The summed E-state index contributed by atoms with van der Waals surface area (Å²) in [5.41, 5.74) is 6.75. The SMILES string of the molecule is Cc1cc(C)nc(NNC(=O)[C@H](C)Oc2ccc(Cl)cc2Cl)n1. The second-order valence-electron chi connectivity index (χ2n) is 4.92. The maximum Gasteiger partial charge on any atom is 0.279 e. The summed E-state index contributed by atoms with van der Waals surface area (Å²) in [4.78, 5) is 20.4. The lowest BCUT2D eigenvalue weighted by molar-refractivity contribution is -0.126. The summed E-state index contributed by atoms with van der Waals surface area (Å²) in [5.74, 6) is 0.299. The van der Waals surface area contributed by atoms with Crippen molar-refractivity contribution in [3.05, 3.63) is 45.7 Å². The molecule has 1 heterocycles. The predicted molar refractivity (Wildman–Crippen MR) is 89.8 cm³/mol. The number of carbonyl (C=O) groups excluding carboxylic acids is 1. The number of halogens is 2. The van der Waals surface area contributed by atoms with Crippen LogP contribution in [-0.4, -0.2) is 22.0 Å². The normalized spacial score (nSPS) is 11.7. The number of amides is 1. The van der Waals surface area contributed by atoms with Crippen LogP contribution < -0.4 is 15.6 Å². The molecule has 23 heavy (non-hydrogen) atoms. The topological polar surface area (TPSA) is 76.1 Å². The fourth-order valence-electron chi connectivity index (χ4n) is 1.82. The van der Waals surface area contributed by atoms with Gasteiger partial charge in [0, 0.05) is 16.4 Å². The van der Waals surface area contributed by atoms with Crippen LogP contribution in [0.15, 0.2) is 24.3 Å². The van der Waals surface area contributed by atoms with Gasteiger partial charge >= 0.3 is 0 Å². The second kappa shape index (κ2) is 7.48. The summed E-state index contributed by atoms with van der Waals surface area (Å²) in [5, 5.41) is 0.829. The van der Waals surface area contributed by atoms with Crippen LogP contribution in [0.25, 0.3) is 0 Å². The van der Waals surface area contributed by atoms with Crippen LogP contribution in [0.3, 0.4) is 0 Å². The molecular weight excluding hydrogens is 339 g/mol. The number of anilines is 1. The van der Waals surface area contributed by atoms with E-state index in [2.05, 4.69) is 20.8 Å². The molecule has 8 heteroatoms. The van der Waals surface area contributed by atoms with Gasteiger partial charge in [0.05, 0.1) is 5.02 Å². The van der Waals surface area contributed by atoms with Gasteiger partial charge in [-0.2, -0.15) is 0 Å². The zero-order valence-electron chi connectivity index (χ0n) is 12.9. The number of hydrazine groups is 1. The van der Waals surface area contributed by atoms with Crippen LogP contribution in [0.1, 0.15) is 18.3 Å². The van der Waals surface area contributed by atoms with Crippen molar-refractivity contribution < 1.29 is 9.53 Å². The van der Waals surface area contributed by atoms with E-state index in [0.717, 1.165) is 11.4 Å². The summed E-state index contributed by atoms with van der Waals surface area (Å²) in [6, 6.07) is 6.62. The van der Waals surface area contributed by atoms with E-state index in [1.54, 1.807) is 25.1 Å². The van der Waals surface area contributed by atoms with Crippen molar-refractivity contribution >= 4 is 35.1 Å². The highest BCUT2D eigenvalue weighted by Gasteiger charge is 2.16. The summed E-state index contributed by atoms with van der Waals surface area (Å²) in [7, 11) is 0. The first-order valence-corrected chi connectivity index (χ1v) is 7.60. The third-order valence-corrected chi connectivity index (χ3v) is 3.38. The Kier molecular flexibility index (Phi) is 5.63. The lowest BCUT2D eigenvalue weighted by Gasteiger charge is -2.16. The van der Waals surface area contributed by atoms with Crippen LogP contribution in [0.4, 0.5) is 5.95 Å². The lowest BCUT2D eigenvalue weighted by atomic mass is 10.3. The standard InChI is InChI=1S/C15H16Cl2N4O2/c1-8-6-9(2)19-15(18-8)21-20-14(22)10(3)23-13-5-4-11(16)7-12(13)17/h4-7,10H,1-3H3,(H,20,22)(H,18,19,21)/t10-/m0/s1. The fraction of sp³-hybridized carbons (Fsp3) is 0.267. The van der Waals surface area contributed by atoms with E-state index >= 15 is 0 Å². The van der Waals surface area contributed by atoms with E-state index in [1.807, 2.05) is 19.9 Å². The van der Waals surface area contributed by atoms with Gasteiger partial charge in [0.1, 0.15) is 5.75 Å². The number of nitrogens with zero attached hydrogens (tertiary/aromatic N) is 2. The minimum absolute atomic E-state index is 0.313. The number of hydrogen-bond donors (Lipinski definition) is 2. The van der Waals surface area contributed by atoms with E-state index in [-0.39, 0.29) is 0 Å². The number of ether oxygens (including phenoxy) is 1. The molecule has 2 aromatic rings. The molecule has 6 nitrogen and oxygen atoms in total. The molecule has 2 rings (SSSR count). The van der Waals surface area contributed by atoms with Gasteiger partial charge in [-0.15, -0.1) is 0 Å². The van der Waals surface area contributed by atoms with Crippen LogP contribution in [0.5, 0.6) is 5.75 Å². The molecule has 1 atom stereocenters. The maximum absolute atomic E-state index is 12.0. The quantitative estimate of drug-likeness (QED) is 0.805. The number of carbonyl (C=O) groups is 1. The number of aryl methyl sites for hydroxylation is 2. The average molecular weight is 355 g/mol. The largest absolute Gasteiger partial charge is 0.479 e. The fourth-order valence-corrected chi connectivity index (χ4v) is 2.27. The number of aromatic nitrogens is 2. The average Bonchev–Trinajstić information content (AvgIpc) is 2.46. The Morgan fingerprint density at radius 3 is 2.43 bits per heavy atom. The van der Waals surface area contributed by atoms with E-state index in [4.69, 9.17) is 27.9 Å². The van der Waals surface area contributed by atoms with Crippen molar-refractivity contribution in [2.45, 2.75) is 26.9 Å². The molecule has 2 N–H and O–H groups in total. The summed E-state index contributed by atoms with van der Waals surface area (Å²) in [6.45, 7) is 5.29. The van der Waals surface area contributed by atoms with Crippen molar-refractivity contribution in [2.24, 2.45) is 0 Å². The van der Waals surface area contributed by atoms with Gasteiger partial charge in [-0.1, -0.05) is 23.2 Å². The first kappa shape index (κ1) is 17.3. The maximum atomic E-state index is 12.0. The Balaban J connectivity index is 1.94. The minimum Gasteiger partial charge on any atom is -0.479 e. The van der Waals surface area contributed by atoms with Crippen LogP contribution >= 0.6 is 23.2 Å². The van der Waals surface area contributed by atoms with Gasteiger partial charge in [-0.25, -0.2) is 9.97 Å². The Labute approximate surface area is 144 Å². The van der Waals surface area contributed by atoms with Gasteiger partial charge in [0.15, 0.2) is 6.10 Å². The Morgan fingerprint density at radius 2 is 1.83 bits per heavy atom. The number of nitrogens with one attached hydrogen (secondary N) is 2. The van der Waals surface area contributed by atoms with Crippen molar-refractivity contribution in [1.82, 2.24) is 15.4 Å². The lowest BCUT2D eigenvalue weighted by Crippen LogP contribution is -2.40. The first-order chi connectivity index (χ1) is 10.8. The van der Waals surface area contributed by atoms with Crippen molar-refractivity contribution in [3.8, 4) is 5.75 Å². The smallest absolute Gasteiger partial charge is 0.279 e. The van der Waals surface area contributed by atoms with Crippen LogP contribution in [0, 0.1) is 13.8 Å². The van der Waals surface area contributed by atoms with E-state index in [1.165, 1.54) is 0 Å². The molecule has 1 amide bonds. The van der Waals surface area contributed by atoms with Gasteiger partial charge in [-0.3, -0.25) is 15.6 Å². The molecule has 0 fully saturated rings. The monoisotopic (exact) mass is 354 g/mol. The molecule has 0 saturated heterocycles. The van der Waals surface area contributed by atoms with Crippen molar-refractivity contribution in [3.63, 3.8) is 0 Å². The highest BCUT2D eigenvalue weighted by atomic mass is 35.5. The molecule has 122 valence electrons. The minimum atomic E-state index is -0.771. The van der Waals surface area contributed by atoms with Crippen molar-refractivity contribution in [1.29, 1.82) is 0 Å². The molecule has 1 aromatic carbocycles. The molecule has 0 saturated carbocycles. The molecular formula is C15H16Cl2N4O2. The Bertz CT molecular complexity index is 704. The predicted octanol–water partition coefficient (Wildman–Crippen LogP) is 3.31. The molecule has 0 spiro atoms. The zero-order chi connectivity index (χ0) is 17.0. The molecule has 1 aromatic heterocycles. The third-order valence-electron chi connectivity index (χ3n) is 2.85. The Hall–Kier alpha value is -2.05. The molecule has 0 unspecified atom stereocenters. The van der Waals surface area contributed by atoms with Gasteiger partial charge in [0.25, 0.3) is 5.91 Å². The number of rotatable bonds is 5. The summed E-state index contributed by atoms with van der Waals surface area (Å²) < 4.78 is 5.51. The molecule has 0 radical (unpaired) electrons. The highest BCUT2D eigenvalue weighted by Crippen LogP contribution is 2.28. The summed E-state index contributed by atoms with van der Waals surface area (Å²) in [6.07, 6.45) is -0.771. The van der Waals surface area contributed by atoms with Gasteiger partial charge in [0.2, 0.25) is 5.95 Å². The highest BCUT2D eigenvalue weighted by molar-refractivity contribution is 6.35. The number of benzene rings is 1. The van der Waals surface area contributed by atoms with E-state index in [9.17, 15) is 4.79 Å². The molecule has 0 aliphatic carbocycles. The van der Waals surface area contributed by atoms with Gasteiger partial charge in [-0.05, 0) is 45.0 Å². The van der Waals surface area contributed by atoms with Gasteiger partial charge < -0.3 is 4.74 Å². The van der Waals surface area contributed by atoms with Crippen LogP contribution in [-0.2, 0) is 4.79 Å².